The summed E-state index contributed by atoms with van der Waals surface area (Å²) in [6.45, 7) is 6.23. The van der Waals surface area contributed by atoms with Crippen LogP contribution in [0.3, 0.4) is 0 Å². The van der Waals surface area contributed by atoms with Crippen LogP contribution in [0.1, 0.15) is 20.3 Å². The number of thioether (sulfide) groups is 1. The van der Waals surface area contributed by atoms with Crippen LogP contribution in [0.5, 0.6) is 0 Å². The first kappa shape index (κ1) is 15.3. The van der Waals surface area contributed by atoms with Gasteiger partial charge in [0.1, 0.15) is 0 Å². The molecule has 5 nitrogen and oxygen atoms in total. The Labute approximate surface area is 113 Å². The molecule has 18 heavy (non-hydrogen) atoms. The summed E-state index contributed by atoms with van der Waals surface area (Å²) in [6.07, 6.45) is 0.943. The minimum atomic E-state index is 0.0883. The molecule has 1 atom stereocenters. The SMILES string of the molecule is CCC(N)CSCC(=O)N1CCN(C(C)=O)CC1. The molecule has 0 aromatic rings. The lowest BCUT2D eigenvalue weighted by atomic mass is 10.3. The van der Waals surface area contributed by atoms with Crippen LogP contribution >= 0.6 is 11.8 Å². The Morgan fingerprint density at radius 3 is 2.28 bits per heavy atom. The molecule has 2 N–H and O–H groups in total. The second-order valence-corrected chi connectivity index (χ2v) is 5.60. The summed E-state index contributed by atoms with van der Waals surface area (Å²) >= 11 is 1.60. The van der Waals surface area contributed by atoms with E-state index in [1.54, 1.807) is 23.6 Å². The lowest BCUT2D eigenvalue weighted by Crippen LogP contribution is -2.50. The Balaban J connectivity index is 2.22. The molecule has 0 bridgehead atoms. The zero-order chi connectivity index (χ0) is 13.5. The van der Waals surface area contributed by atoms with Gasteiger partial charge in [-0.3, -0.25) is 9.59 Å². The fourth-order valence-corrected chi connectivity index (χ4v) is 2.79. The highest BCUT2D eigenvalue weighted by atomic mass is 32.2. The maximum absolute atomic E-state index is 11.9. The van der Waals surface area contributed by atoms with Crippen molar-refractivity contribution in [3.63, 3.8) is 0 Å². The van der Waals surface area contributed by atoms with Gasteiger partial charge in [0.25, 0.3) is 0 Å². The van der Waals surface area contributed by atoms with Crippen LogP contribution in [0, 0.1) is 0 Å². The lowest BCUT2D eigenvalue weighted by molar-refractivity contribution is -0.136. The standard InChI is InChI=1S/C12H23N3O2S/c1-3-11(13)8-18-9-12(17)15-6-4-14(5-7-15)10(2)16/h11H,3-9,13H2,1-2H3. The Bertz CT molecular complexity index is 291. The topological polar surface area (TPSA) is 66.6 Å². The highest BCUT2D eigenvalue weighted by molar-refractivity contribution is 7.99. The van der Waals surface area contributed by atoms with E-state index in [0.29, 0.717) is 31.9 Å². The third-order valence-electron chi connectivity index (χ3n) is 3.16. The Hall–Kier alpha value is -0.750. The van der Waals surface area contributed by atoms with E-state index in [2.05, 4.69) is 0 Å². The van der Waals surface area contributed by atoms with Crippen LogP contribution in [0.4, 0.5) is 0 Å². The molecule has 0 aromatic heterocycles. The fraction of sp³-hybridized carbons (Fsp3) is 0.833. The van der Waals surface area contributed by atoms with Crippen molar-refractivity contribution >= 4 is 23.6 Å². The zero-order valence-corrected chi connectivity index (χ0v) is 12.0. The summed E-state index contributed by atoms with van der Waals surface area (Å²) in [5.74, 6) is 1.57. The molecule has 1 rings (SSSR count). The highest BCUT2D eigenvalue weighted by Crippen LogP contribution is 2.08. The molecule has 0 radical (unpaired) electrons. The zero-order valence-electron chi connectivity index (χ0n) is 11.2. The molecule has 2 amide bonds. The van der Waals surface area contributed by atoms with Gasteiger partial charge in [-0.05, 0) is 6.42 Å². The Kier molecular flexibility index (Phi) is 6.49. The van der Waals surface area contributed by atoms with Crippen molar-refractivity contribution in [1.82, 2.24) is 9.80 Å². The maximum Gasteiger partial charge on any atom is 0.232 e. The van der Waals surface area contributed by atoms with Crippen molar-refractivity contribution in [3.8, 4) is 0 Å². The van der Waals surface area contributed by atoms with E-state index >= 15 is 0 Å². The average Bonchev–Trinajstić information content (AvgIpc) is 2.38. The summed E-state index contributed by atoms with van der Waals surface area (Å²) in [4.78, 5) is 26.7. The third kappa shape index (κ3) is 4.86. The van der Waals surface area contributed by atoms with Gasteiger partial charge in [-0.2, -0.15) is 11.8 Å². The van der Waals surface area contributed by atoms with E-state index in [1.807, 2.05) is 11.8 Å². The van der Waals surface area contributed by atoms with Crippen molar-refractivity contribution in [1.29, 1.82) is 0 Å². The van der Waals surface area contributed by atoms with Crippen molar-refractivity contribution in [2.75, 3.05) is 37.7 Å². The molecule has 1 aliphatic heterocycles. The first-order valence-corrected chi connectivity index (χ1v) is 7.56. The van der Waals surface area contributed by atoms with Gasteiger partial charge >= 0.3 is 0 Å². The van der Waals surface area contributed by atoms with Gasteiger partial charge in [-0.15, -0.1) is 0 Å². The smallest absolute Gasteiger partial charge is 0.232 e. The number of nitrogens with two attached hydrogens (primary N) is 1. The normalized spacial score (nSPS) is 17.7. The van der Waals surface area contributed by atoms with E-state index in [4.69, 9.17) is 5.73 Å². The number of carbonyl (C=O) groups is 2. The molecule has 0 aliphatic carbocycles. The van der Waals surface area contributed by atoms with Gasteiger partial charge in [0.2, 0.25) is 11.8 Å². The van der Waals surface area contributed by atoms with Gasteiger partial charge in [-0.1, -0.05) is 6.92 Å². The summed E-state index contributed by atoms with van der Waals surface area (Å²) in [7, 11) is 0. The van der Waals surface area contributed by atoms with Gasteiger partial charge < -0.3 is 15.5 Å². The largest absolute Gasteiger partial charge is 0.339 e. The lowest BCUT2D eigenvalue weighted by Gasteiger charge is -2.34. The molecule has 104 valence electrons. The molecule has 0 aromatic carbocycles. The molecule has 0 spiro atoms. The molecular weight excluding hydrogens is 250 g/mol. The molecular formula is C12H23N3O2S. The average molecular weight is 273 g/mol. The Morgan fingerprint density at radius 1 is 1.22 bits per heavy atom. The number of hydrogen-bond donors (Lipinski definition) is 1. The number of amides is 2. The van der Waals surface area contributed by atoms with Crippen molar-refractivity contribution < 1.29 is 9.59 Å². The van der Waals surface area contributed by atoms with Gasteiger partial charge in [0, 0.05) is 44.9 Å². The number of carbonyl (C=O) groups excluding carboxylic acids is 2. The summed E-state index contributed by atoms with van der Waals surface area (Å²) in [5, 5.41) is 0. The molecule has 1 saturated heterocycles. The van der Waals surface area contributed by atoms with E-state index in [9.17, 15) is 9.59 Å². The molecule has 1 fully saturated rings. The van der Waals surface area contributed by atoms with Crippen molar-refractivity contribution in [2.24, 2.45) is 5.73 Å². The fourth-order valence-electron chi connectivity index (χ4n) is 1.78. The highest BCUT2D eigenvalue weighted by Gasteiger charge is 2.21. The first-order chi connectivity index (χ1) is 8.54. The molecule has 6 heteroatoms. The van der Waals surface area contributed by atoms with Crippen LogP contribution < -0.4 is 5.73 Å². The quantitative estimate of drug-likeness (QED) is 0.774. The summed E-state index contributed by atoms with van der Waals surface area (Å²) in [6, 6.07) is 0.178. The number of hydrogen-bond acceptors (Lipinski definition) is 4. The molecule has 1 heterocycles. The number of piperazine rings is 1. The minimum Gasteiger partial charge on any atom is -0.339 e. The predicted molar refractivity (Wildman–Crippen MR) is 74.4 cm³/mol. The number of rotatable bonds is 5. The monoisotopic (exact) mass is 273 g/mol. The van der Waals surface area contributed by atoms with E-state index in [1.165, 1.54) is 0 Å². The predicted octanol–water partition coefficient (Wildman–Crippen LogP) is 0.148. The van der Waals surface area contributed by atoms with Crippen LogP contribution in [-0.2, 0) is 9.59 Å². The van der Waals surface area contributed by atoms with E-state index in [-0.39, 0.29) is 17.9 Å². The van der Waals surface area contributed by atoms with E-state index in [0.717, 1.165) is 12.2 Å². The van der Waals surface area contributed by atoms with Crippen LogP contribution in [0.15, 0.2) is 0 Å². The minimum absolute atomic E-state index is 0.0883. The van der Waals surface area contributed by atoms with Gasteiger partial charge in [0.15, 0.2) is 0 Å². The molecule has 0 saturated carbocycles. The molecule has 1 unspecified atom stereocenters. The second-order valence-electron chi connectivity index (χ2n) is 4.57. The van der Waals surface area contributed by atoms with Crippen LogP contribution in [-0.4, -0.2) is 65.3 Å². The van der Waals surface area contributed by atoms with Crippen molar-refractivity contribution in [2.45, 2.75) is 26.3 Å². The second kappa shape index (κ2) is 7.63. The number of nitrogens with zero attached hydrogens (tertiary/aromatic N) is 2. The Morgan fingerprint density at radius 2 is 1.78 bits per heavy atom. The van der Waals surface area contributed by atoms with Crippen LogP contribution in [0.2, 0.25) is 0 Å². The van der Waals surface area contributed by atoms with E-state index < -0.39 is 0 Å². The van der Waals surface area contributed by atoms with Gasteiger partial charge in [0.05, 0.1) is 5.75 Å². The maximum atomic E-state index is 11.9. The van der Waals surface area contributed by atoms with Gasteiger partial charge in [-0.25, -0.2) is 0 Å². The van der Waals surface area contributed by atoms with Crippen molar-refractivity contribution in [3.05, 3.63) is 0 Å². The third-order valence-corrected chi connectivity index (χ3v) is 4.27. The first-order valence-electron chi connectivity index (χ1n) is 6.41. The molecule has 1 aliphatic rings. The van der Waals surface area contributed by atoms with Crippen LogP contribution in [0.25, 0.3) is 0 Å². The summed E-state index contributed by atoms with van der Waals surface area (Å²) < 4.78 is 0. The summed E-state index contributed by atoms with van der Waals surface area (Å²) in [5.41, 5.74) is 5.80.